The van der Waals surface area contributed by atoms with Crippen molar-refractivity contribution in [3.63, 3.8) is 0 Å². The molecule has 2 heterocycles. The smallest absolute Gasteiger partial charge is 0.281 e. The predicted molar refractivity (Wildman–Crippen MR) is 109 cm³/mol. The van der Waals surface area contributed by atoms with Gasteiger partial charge < -0.3 is 4.57 Å². The molecule has 0 unspecified atom stereocenters. The molecule has 1 aliphatic rings. The lowest BCUT2D eigenvalue weighted by Gasteiger charge is -2.16. The minimum absolute atomic E-state index is 0.128. The summed E-state index contributed by atoms with van der Waals surface area (Å²) in [5, 5.41) is 4.29. The summed E-state index contributed by atoms with van der Waals surface area (Å²) in [6.45, 7) is 4.17. The monoisotopic (exact) mass is 378 g/mol. The van der Waals surface area contributed by atoms with Crippen molar-refractivity contribution in [3.05, 3.63) is 69.9 Å². The molecule has 1 aliphatic carbocycles. The van der Waals surface area contributed by atoms with Gasteiger partial charge in [-0.3, -0.25) is 4.79 Å². The van der Waals surface area contributed by atoms with Crippen LogP contribution in [0.1, 0.15) is 45.9 Å². The van der Waals surface area contributed by atoms with Gasteiger partial charge in [0.2, 0.25) is 0 Å². The van der Waals surface area contributed by atoms with Gasteiger partial charge in [-0.1, -0.05) is 19.1 Å². The third kappa shape index (κ3) is 3.85. The average molecular weight is 379 g/mol. The molecule has 27 heavy (non-hydrogen) atoms. The summed E-state index contributed by atoms with van der Waals surface area (Å²) in [5.74, 6) is 0.574. The molecule has 0 aliphatic heterocycles. The first-order chi connectivity index (χ1) is 13.1. The first kappa shape index (κ1) is 17.7. The molecule has 138 valence electrons. The number of rotatable bonds is 4. The predicted octanol–water partition coefficient (Wildman–Crippen LogP) is 4.21. The second kappa shape index (κ2) is 7.48. The Kier molecular flexibility index (Phi) is 4.90. The van der Waals surface area contributed by atoms with Gasteiger partial charge in [0, 0.05) is 23.0 Å². The zero-order valence-electron chi connectivity index (χ0n) is 15.5. The van der Waals surface area contributed by atoms with Gasteiger partial charge >= 0.3 is 0 Å². The highest BCUT2D eigenvalue weighted by atomic mass is 32.1. The van der Waals surface area contributed by atoms with Crippen molar-refractivity contribution >= 4 is 23.0 Å². The molecule has 0 saturated heterocycles. The number of benzene rings is 1. The van der Waals surface area contributed by atoms with Gasteiger partial charge in [0.1, 0.15) is 0 Å². The van der Waals surface area contributed by atoms with Gasteiger partial charge in [0.05, 0.1) is 16.9 Å². The lowest BCUT2D eigenvalue weighted by atomic mass is 9.90. The number of aromatic nitrogens is 2. The summed E-state index contributed by atoms with van der Waals surface area (Å²) in [4.78, 5) is 18.6. The van der Waals surface area contributed by atoms with Crippen LogP contribution in [0.5, 0.6) is 0 Å². The quantitative estimate of drug-likeness (QED) is 0.546. The van der Waals surface area contributed by atoms with E-state index in [2.05, 4.69) is 22.4 Å². The number of imidazole rings is 1. The van der Waals surface area contributed by atoms with Gasteiger partial charge in [-0.25, -0.2) is 10.4 Å². The van der Waals surface area contributed by atoms with Crippen molar-refractivity contribution in [2.75, 3.05) is 0 Å². The summed E-state index contributed by atoms with van der Waals surface area (Å²) >= 11 is 1.60. The van der Waals surface area contributed by atoms with E-state index in [9.17, 15) is 4.79 Å². The molecule has 3 aromatic rings. The van der Waals surface area contributed by atoms with E-state index in [-0.39, 0.29) is 5.91 Å². The number of amides is 1. The fourth-order valence-corrected chi connectivity index (χ4v) is 4.46. The van der Waals surface area contributed by atoms with E-state index in [4.69, 9.17) is 0 Å². The Morgan fingerprint density at radius 2 is 2.15 bits per heavy atom. The number of hydrazone groups is 1. The second-order valence-electron chi connectivity index (χ2n) is 7.06. The fourth-order valence-electron chi connectivity index (χ4n) is 3.36. The maximum absolute atomic E-state index is 12.5. The Morgan fingerprint density at radius 1 is 1.33 bits per heavy atom. The van der Waals surface area contributed by atoms with E-state index < -0.39 is 0 Å². The van der Waals surface area contributed by atoms with Crippen LogP contribution < -0.4 is 5.43 Å². The SMILES string of the molecule is C/C(=N/NC(=O)c1cc2c(s1)CC[C@H](C)C2)c1ccc(-n2ccnc2)cc1. The Bertz CT molecular complexity index is 970. The molecule has 1 N–H and O–H groups in total. The van der Waals surface area contributed by atoms with Gasteiger partial charge in [-0.05, 0) is 61.4 Å². The molecule has 4 rings (SSSR count). The number of thiophene rings is 1. The van der Waals surface area contributed by atoms with Crippen LogP contribution in [0.2, 0.25) is 0 Å². The van der Waals surface area contributed by atoms with Crippen LogP contribution in [0, 0.1) is 5.92 Å². The van der Waals surface area contributed by atoms with E-state index in [1.54, 1.807) is 23.9 Å². The van der Waals surface area contributed by atoms with E-state index >= 15 is 0 Å². The molecule has 0 radical (unpaired) electrons. The topological polar surface area (TPSA) is 59.3 Å². The first-order valence-corrected chi connectivity index (χ1v) is 9.97. The van der Waals surface area contributed by atoms with Crippen LogP contribution in [-0.2, 0) is 12.8 Å². The Morgan fingerprint density at radius 3 is 2.89 bits per heavy atom. The summed E-state index contributed by atoms with van der Waals surface area (Å²) in [5.41, 5.74) is 6.82. The number of aryl methyl sites for hydroxylation is 1. The molecular weight excluding hydrogens is 356 g/mol. The third-order valence-electron chi connectivity index (χ3n) is 4.97. The molecule has 5 nitrogen and oxygen atoms in total. The molecule has 1 aromatic carbocycles. The number of nitrogens with one attached hydrogen (secondary N) is 1. The highest BCUT2D eigenvalue weighted by molar-refractivity contribution is 7.14. The highest BCUT2D eigenvalue weighted by Crippen LogP contribution is 2.32. The maximum Gasteiger partial charge on any atom is 0.281 e. The summed E-state index contributed by atoms with van der Waals surface area (Å²) in [6, 6.07) is 10.0. The van der Waals surface area contributed by atoms with Gasteiger partial charge in [0.15, 0.2) is 0 Å². The zero-order chi connectivity index (χ0) is 18.8. The number of nitrogens with zero attached hydrogens (tertiary/aromatic N) is 3. The lowest BCUT2D eigenvalue weighted by molar-refractivity contribution is 0.0959. The molecule has 2 aromatic heterocycles. The minimum Gasteiger partial charge on any atom is -0.306 e. The molecule has 0 saturated carbocycles. The van der Waals surface area contributed by atoms with Crippen molar-refractivity contribution in [3.8, 4) is 5.69 Å². The maximum atomic E-state index is 12.5. The van der Waals surface area contributed by atoms with E-state index in [1.807, 2.05) is 48.0 Å². The van der Waals surface area contributed by atoms with Crippen molar-refractivity contribution in [2.24, 2.45) is 11.0 Å². The fraction of sp³-hybridized carbons (Fsp3) is 0.286. The first-order valence-electron chi connectivity index (χ1n) is 9.15. The van der Waals surface area contributed by atoms with Gasteiger partial charge in [-0.15, -0.1) is 11.3 Å². The van der Waals surface area contributed by atoms with Crippen LogP contribution >= 0.6 is 11.3 Å². The summed E-state index contributed by atoms with van der Waals surface area (Å²) in [6.07, 6.45) is 8.78. The van der Waals surface area contributed by atoms with Crippen LogP contribution in [-0.4, -0.2) is 21.2 Å². The van der Waals surface area contributed by atoms with Crippen LogP contribution in [0.4, 0.5) is 0 Å². The Hall–Kier alpha value is -2.73. The normalized spacial score (nSPS) is 16.8. The van der Waals surface area contributed by atoms with Crippen LogP contribution in [0.15, 0.2) is 54.2 Å². The minimum atomic E-state index is -0.128. The molecule has 0 fully saturated rings. The van der Waals surface area contributed by atoms with Gasteiger partial charge in [-0.2, -0.15) is 5.10 Å². The summed E-state index contributed by atoms with van der Waals surface area (Å²) < 4.78 is 1.94. The molecular formula is C21H22N4OS. The average Bonchev–Trinajstić information content (AvgIpc) is 3.35. The van der Waals surface area contributed by atoms with E-state index in [0.717, 1.165) is 34.7 Å². The number of fused-ring (bicyclic) bond motifs is 1. The number of hydrogen-bond acceptors (Lipinski definition) is 4. The number of carbonyl (C=O) groups excluding carboxylic acids is 1. The lowest BCUT2D eigenvalue weighted by Crippen LogP contribution is -2.18. The van der Waals surface area contributed by atoms with Crippen molar-refractivity contribution in [1.82, 2.24) is 15.0 Å². The Labute approximate surface area is 162 Å². The second-order valence-corrected chi connectivity index (χ2v) is 8.20. The van der Waals surface area contributed by atoms with Crippen molar-refractivity contribution in [1.29, 1.82) is 0 Å². The molecule has 1 amide bonds. The summed E-state index contributed by atoms with van der Waals surface area (Å²) in [7, 11) is 0. The van der Waals surface area contributed by atoms with Crippen LogP contribution in [0.3, 0.4) is 0 Å². The van der Waals surface area contributed by atoms with Crippen LogP contribution in [0.25, 0.3) is 5.69 Å². The number of carbonyl (C=O) groups is 1. The zero-order valence-corrected chi connectivity index (χ0v) is 16.3. The van der Waals surface area contributed by atoms with Gasteiger partial charge in [0.25, 0.3) is 5.91 Å². The van der Waals surface area contributed by atoms with Crippen molar-refractivity contribution < 1.29 is 4.79 Å². The van der Waals surface area contributed by atoms with E-state index in [0.29, 0.717) is 5.92 Å². The molecule has 6 heteroatoms. The molecule has 1 atom stereocenters. The molecule has 0 bridgehead atoms. The van der Waals surface area contributed by atoms with E-state index in [1.165, 1.54) is 16.9 Å². The van der Waals surface area contributed by atoms with Crippen molar-refractivity contribution in [2.45, 2.75) is 33.1 Å². The largest absolute Gasteiger partial charge is 0.306 e. The third-order valence-corrected chi connectivity index (χ3v) is 6.20. The highest BCUT2D eigenvalue weighted by Gasteiger charge is 2.20. The molecule has 0 spiro atoms. The Balaban J connectivity index is 1.43. The number of hydrogen-bond donors (Lipinski definition) is 1. The standard InChI is InChI=1S/C21H22N4OS/c1-14-3-8-19-17(11-14)12-20(27-19)21(26)24-23-15(2)16-4-6-18(7-5-16)25-10-9-22-13-25/h4-7,9-10,12-14H,3,8,11H2,1-2H3,(H,24,26)/b23-15-/t14-/m0/s1.